The molecule has 2 aromatic rings. The minimum absolute atomic E-state index is 0.00608. The van der Waals surface area contributed by atoms with Crippen LogP contribution in [0.5, 0.6) is 0 Å². The summed E-state index contributed by atoms with van der Waals surface area (Å²) in [6.07, 6.45) is 8.06. The third kappa shape index (κ3) is 3.15. The fraction of sp³-hybridized carbons (Fsp3) is 0.429. The second kappa shape index (κ2) is 6.89. The normalized spacial score (nSPS) is 25.6. The van der Waals surface area contributed by atoms with Gasteiger partial charge in [-0.3, -0.25) is 9.78 Å². The van der Waals surface area contributed by atoms with E-state index in [9.17, 15) is 9.90 Å². The van der Waals surface area contributed by atoms with Gasteiger partial charge in [-0.1, -0.05) is 58.0 Å². The fourth-order valence-corrected chi connectivity index (χ4v) is 5.25. The summed E-state index contributed by atoms with van der Waals surface area (Å²) in [5.74, 6) is 0.167. The molecule has 1 aromatic carbocycles. The van der Waals surface area contributed by atoms with Gasteiger partial charge >= 0.3 is 0 Å². The summed E-state index contributed by atoms with van der Waals surface area (Å²) in [7, 11) is 0. The first-order chi connectivity index (χ1) is 15.1. The zero-order valence-electron chi connectivity index (χ0n) is 19.6. The van der Waals surface area contributed by atoms with Crippen molar-refractivity contribution in [1.29, 1.82) is 0 Å². The van der Waals surface area contributed by atoms with Gasteiger partial charge in [0.25, 0.3) is 0 Å². The van der Waals surface area contributed by atoms with Crippen LogP contribution in [-0.2, 0) is 26.0 Å². The number of rotatable bonds is 3. The highest BCUT2D eigenvalue weighted by atomic mass is 16.6. The van der Waals surface area contributed by atoms with E-state index >= 15 is 0 Å². The zero-order chi connectivity index (χ0) is 22.9. The third-order valence-electron chi connectivity index (χ3n) is 7.39. The second-order valence-corrected chi connectivity index (χ2v) is 10.6. The van der Waals surface area contributed by atoms with Gasteiger partial charge in [-0.05, 0) is 41.7 Å². The number of benzene rings is 1. The lowest BCUT2D eigenvalue weighted by atomic mass is 9.66. The van der Waals surface area contributed by atoms with Gasteiger partial charge in [0.2, 0.25) is 0 Å². The van der Waals surface area contributed by atoms with Gasteiger partial charge in [-0.15, -0.1) is 0 Å². The molecule has 1 unspecified atom stereocenters. The van der Waals surface area contributed by atoms with Gasteiger partial charge in [0.05, 0.1) is 17.9 Å². The summed E-state index contributed by atoms with van der Waals surface area (Å²) in [6.45, 7) is 11.8. The molecule has 0 radical (unpaired) electrons. The summed E-state index contributed by atoms with van der Waals surface area (Å²) in [6, 6.07) is 8.47. The van der Waals surface area contributed by atoms with Gasteiger partial charge in [-0.2, -0.15) is 0 Å². The Hall–Kier alpha value is -2.72. The zero-order valence-corrected chi connectivity index (χ0v) is 19.6. The van der Waals surface area contributed by atoms with Crippen molar-refractivity contribution in [2.45, 2.75) is 70.3 Å². The van der Waals surface area contributed by atoms with Gasteiger partial charge < -0.3 is 9.84 Å². The minimum atomic E-state index is -0.550. The van der Waals surface area contributed by atoms with Crippen LogP contribution >= 0.6 is 0 Å². The van der Waals surface area contributed by atoms with E-state index in [-0.39, 0.29) is 22.4 Å². The minimum Gasteiger partial charge on any atom is -0.512 e. The number of fused-ring (bicyclic) bond motifs is 1. The number of epoxide rings is 1. The molecule has 1 atom stereocenters. The molecular weight excluding hydrogens is 398 g/mol. The molecule has 32 heavy (non-hydrogen) atoms. The smallest absolute Gasteiger partial charge is 0.166 e. The second-order valence-electron chi connectivity index (χ2n) is 10.6. The van der Waals surface area contributed by atoms with Crippen molar-refractivity contribution in [2.24, 2.45) is 0 Å². The number of aryl methyl sites for hydroxylation is 1. The molecule has 1 aromatic heterocycles. The molecule has 0 bridgehead atoms. The van der Waals surface area contributed by atoms with E-state index in [1.165, 1.54) is 16.7 Å². The van der Waals surface area contributed by atoms with Gasteiger partial charge in [0.1, 0.15) is 5.76 Å². The highest BCUT2D eigenvalue weighted by molar-refractivity contribution is 6.21. The number of hydrogen-bond donors (Lipinski definition) is 1. The van der Waals surface area contributed by atoms with Crippen LogP contribution in [0.2, 0.25) is 0 Å². The van der Waals surface area contributed by atoms with E-state index in [0.29, 0.717) is 37.0 Å². The Kier molecular flexibility index (Phi) is 4.55. The molecule has 3 aliphatic rings. The van der Waals surface area contributed by atoms with Crippen LogP contribution in [0.25, 0.3) is 5.57 Å². The van der Waals surface area contributed by atoms with Gasteiger partial charge in [-0.25, -0.2) is 0 Å². The first-order valence-electron chi connectivity index (χ1n) is 11.5. The Morgan fingerprint density at radius 2 is 1.62 bits per heavy atom. The molecule has 5 rings (SSSR count). The molecule has 2 aliphatic carbocycles. The molecule has 0 saturated carbocycles. The Bertz CT molecular complexity index is 1180. The maximum Gasteiger partial charge on any atom is 0.166 e. The molecule has 2 heterocycles. The van der Waals surface area contributed by atoms with Gasteiger partial charge in [0.15, 0.2) is 11.4 Å². The van der Waals surface area contributed by atoms with Crippen LogP contribution in [-0.4, -0.2) is 22.5 Å². The Morgan fingerprint density at radius 1 is 0.969 bits per heavy atom. The van der Waals surface area contributed by atoms with Crippen LogP contribution in [0.1, 0.15) is 80.5 Å². The van der Waals surface area contributed by atoms with E-state index in [1.807, 2.05) is 12.1 Å². The number of nitrogens with zero attached hydrogens (tertiary/aromatic N) is 1. The predicted molar refractivity (Wildman–Crippen MR) is 126 cm³/mol. The average Bonchev–Trinajstić information content (AvgIpc) is 3.53. The summed E-state index contributed by atoms with van der Waals surface area (Å²) in [4.78, 5) is 17.1. The number of pyridine rings is 1. The van der Waals surface area contributed by atoms with Crippen molar-refractivity contribution in [3.63, 3.8) is 0 Å². The van der Waals surface area contributed by atoms with E-state index < -0.39 is 5.60 Å². The molecule has 4 nitrogen and oxygen atoms in total. The van der Waals surface area contributed by atoms with E-state index in [2.05, 4.69) is 58.9 Å². The number of aromatic nitrogens is 1. The number of carbonyl (C=O) groups is 1. The average molecular weight is 430 g/mol. The Labute approximate surface area is 190 Å². The lowest BCUT2D eigenvalue weighted by Gasteiger charge is -2.38. The number of allylic oxidation sites excluding steroid dienone is 4. The lowest BCUT2D eigenvalue weighted by Crippen LogP contribution is -2.30. The van der Waals surface area contributed by atoms with E-state index in [1.54, 1.807) is 6.20 Å². The van der Waals surface area contributed by atoms with Crippen LogP contribution in [0, 0.1) is 6.92 Å². The highest BCUT2D eigenvalue weighted by Gasteiger charge is 2.51. The van der Waals surface area contributed by atoms with Gasteiger partial charge in [0, 0.05) is 35.4 Å². The van der Waals surface area contributed by atoms with Crippen molar-refractivity contribution in [3.8, 4) is 0 Å². The molecule has 0 spiro atoms. The molecule has 166 valence electrons. The number of Topliss-reactive ketones (excluding diaryl/α,β-unsaturated/α-hetero) is 1. The van der Waals surface area contributed by atoms with Crippen molar-refractivity contribution < 1.29 is 14.6 Å². The quantitative estimate of drug-likeness (QED) is 0.494. The molecule has 4 heteroatoms. The van der Waals surface area contributed by atoms with Crippen LogP contribution in [0.15, 0.2) is 48.4 Å². The topological polar surface area (TPSA) is 62.7 Å². The van der Waals surface area contributed by atoms with Crippen LogP contribution < -0.4 is 0 Å². The Morgan fingerprint density at radius 3 is 2.19 bits per heavy atom. The predicted octanol–water partition coefficient (Wildman–Crippen LogP) is 5.81. The molecule has 1 aliphatic heterocycles. The Balaban J connectivity index is 1.56. The molecule has 0 amide bonds. The number of hydrogen-bond acceptors (Lipinski definition) is 4. The molecule has 1 fully saturated rings. The number of ketones is 1. The molecule has 1 N–H and O–H groups in total. The number of ether oxygens (including phenoxy) is 1. The van der Waals surface area contributed by atoms with Crippen molar-refractivity contribution in [1.82, 2.24) is 4.98 Å². The third-order valence-corrected chi connectivity index (χ3v) is 7.39. The molecular formula is C28H31NO3. The fourth-order valence-electron chi connectivity index (χ4n) is 5.25. The molecule has 1 saturated heterocycles. The van der Waals surface area contributed by atoms with E-state index in [0.717, 1.165) is 11.3 Å². The number of aliphatic hydroxyl groups is 1. The van der Waals surface area contributed by atoms with Crippen molar-refractivity contribution in [3.05, 3.63) is 81.9 Å². The maximum atomic E-state index is 12.3. The summed E-state index contributed by atoms with van der Waals surface area (Å²) in [5.41, 5.74) is 6.40. The standard InChI is InChI=1S/C28H31NO3/c1-17-13-20-21(27(4,5)12-11-26(20,2)3)14-19(17)28(16-32-28)24-10-9-18(15-29-24)25-22(30)7-6-8-23(25)31/h9-15,30H,6-8,16H2,1-5H3. The summed E-state index contributed by atoms with van der Waals surface area (Å²) in [5, 5.41) is 10.3. The van der Waals surface area contributed by atoms with Crippen molar-refractivity contribution >= 4 is 11.4 Å². The largest absolute Gasteiger partial charge is 0.512 e. The maximum absolute atomic E-state index is 12.3. The summed E-state index contributed by atoms with van der Waals surface area (Å²) >= 11 is 0. The first-order valence-corrected chi connectivity index (χ1v) is 11.5. The monoisotopic (exact) mass is 429 g/mol. The SMILES string of the molecule is Cc1cc2c(cc1C1(c3ccc(C4=C(O)CCCC4=O)cn3)CO1)C(C)(C)C=CC2(C)C. The number of aliphatic hydroxyl groups excluding tert-OH is 1. The first kappa shape index (κ1) is 21.1. The summed E-state index contributed by atoms with van der Waals surface area (Å²) < 4.78 is 6.08. The number of carbonyl (C=O) groups excluding carboxylic acids is 1. The van der Waals surface area contributed by atoms with Crippen LogP contribution in [0.4, 0.5) is 0 Å². The van der Waals surface area contributed by atoms with Crippen LogP contribution in [0.3, 0.4) is 0 Å². The lowest BCUT2D eigenvalue weighted by molar-refractivity contribution is -0.114. The van der Waals surface area contributed by atoms with Crippen molar-refractivity contribution in [2.75, 3.05) is 6.61 Å². The highest BCUT2D eigenvalue weighted by Crippen LogP contribution is 2.49. The van der Waals surface area contributed by atoms with E-state index in [4.69, 9.17) is 9.72 Å².